The maximum absolute atomic E-state index is 6.10. The van der Waals surface area contributed by atoms with Crippen LogP contribution in [0.25, 0.3) is 10.9 Å². The second-order valence-electron chi connectivity index (χ2n) is 3.40. The lowest BCUT2D eigenvalue weighted by Crippen LogP contribution is -1.86. The highest BCUT2D eigenvalue weighted by atomic mass is 35.5. The molecule has 0 atom stereocenters. The van der Waals surface area contributed by atoms with Gasteiger partial charge in [-0.2, -0.15) is 0 Å². The van der Waals surface area contributed by atoms with E-state index in [4.69, 9.17) is 23.2 Å². The van der Waals surface area contributed by atoms with Crippen LogP contribution in [0.2, 0.25) is 10.2 Å². The predicted molar refractivity (Wildman–Crippen MR) is 61.2 cm³/mol. The van der Waals surface area contributed by atoms with Gasteiger partial charge in [0.15, 0.2) is 0 Å². The fraction of sp³-hybridized carbons (Fsp3) is 0.182. The largest absolute Gasteiger partial charge is 0.236 e. The Balaban J connectivity index is 2.94. The summed E-state index contributed by atoms with van der Waals surface area (Å²) in [5, 5.41) is 2.09. The summed E-state index contributed by atoms with van der Waals surface area (Å²) < 4.78 is 0. The van der Waals surface area contributed by atoms with Crippen LogP contribution in [0.5, 0.6) is 0 Å². The van der Waals surface area contributed by atoms with Crippen LogP contribution in [0.3, 0.4) is 0 Å². The Morgan fingerprint density at radius 3 is 2.50 bits per heavy atom. The van der Waals surface area contributed by atoms with Gasteiger partial charge in [-0.15, -0.1) is 0 Å². The van der Waals surface area contributed by atoms with E-state index < -0.39 is 0 Å². The lowest BCUT2D eigenvalue weighted by molar-refractivity contribution is 1.36. The van der Waals surface area contributed by atoms with Gasteiger partial charge in [0.25, 0.3) is 0 Å². The van der Waals surface area contributed by atoms with Gasteiger partial charge in [-0.1, -0.05) is 29.3 Å². The molecule has 14 heavy (non-hydrogen) atoms. The number of pyridine rings is 1. The maximum Gasteiger partial charge on any atom is 0.131 e. The molecule has 0 saturated carbocycles. The fourth-order valence-corrected chi connectivity index (χ4v) is 2.27. The van der Waals surface area contributed by atoms with Gasteiger partial charge >= 0.3 is 0 Å². The Kier molecular flexibility index (Phi) is 2.38. The molecule has 0 N–H and O–H groups in total. The van der Waals surface area contributed by atoms with Gasteiger partial charge in [-0.25, -0.2) is 4.98 Å². The van der Waals surface area contributed by atoms with Crippen molar-refractivity contribution >= 4 is 34.1 Å². The summed E-state index contributed by atoms with van der Waals surface area (Å²) >= 11 is 11.9. The van der Waals surface area contributed by atoms with Crippen molar-refractivity contribution in [1.82, 2.24) is 4.98 Å². The number of hydrogen-bond donors (Lipinski definition) is 0. The average molecular weight is 226 g/mol. The van der Waals surface area contributed by atoms with Crippen LogP contribution in [0.15, 0.2) is 18.2 Å². The molecule has 0 bridgehead atoms. The molecule has 1 nitrogen and oxygen atoms in total. The maximum atomic E-state index is 6.10. The summed E-state index contributed by atoms with van der Waals surface area (Å²) in [6, 6.07) is 5.75. The summed E-state index contributed by atoms with van der Waals surface area (Å²) in [6.45, 7) is 4.06. The molecule has 0 unspecified atom stereocenters. The fourth-order valence-electron chi connectivity index (χ4n) is 1.67. The highest BCUT2D eigenvalue weighted by molar-refractivity contribution is 6.38. The van der Waals surface area contributed by atoms with Gasteiger partial charge in [-0.3, -0.25) is 0 Å². The molecule has 2 rings (SSSR count). The number of benzene rings is 1. The topological polar surface area (TPSA) is 12.9 Å². The number of fused-ring (bicyclic) bond motifs is 1. The number of rotatable bonds is 0. The first kappa shape index (κ1) is 9.75. The molecule has 0 fully saturated rings. The molecule has 0 spiro atoms. The summed E-state index contributed by atoms with van der Waals surface area (Å²) in [7, 11) is 0. The van der Waals surface area contributed by atoms with Crippen molar-refractivity contribution in [2.24, 2.45) is 0 Å². The number of aromatic nitrogens is 1. The van der Waals surface area contributed by atoms with E-state index in [1.165, 1.54) is 5.56 Å². The van der Waals surface area contributed by atoms with Crippen molar-refractivity contribution in [2.75, 3.05) is 0 Å². The minimum absolute atomic E-state index is 0.438. The molecule has 0 saturated heterocycles. The number of halogens is 2. The van der Waals surface area contributed by atoms with Gasteiger partial charge in [0.2, 0.25) is 0 Å². The zero-order valence-electron chi connectivity index (χ0n) is 7.94. The van der Waals surface area contributed by atoms with Crippen molar-refractivity contribution in [3.05, 3.63) is 39.5 Å². The molecular weight excluding hydrogens is 217 g/mol. The molecule has 0 radical (unpaired) electrons. The van der Waals surface area contributed by atoms with E-state index in [1.54, 1.807) is 6.07 Å². The van der Waals surface area contributed by atoms with Crippen LogP contribution >= 0.6 is 23.2 Å². The normalized spacial score (nSPS) is 10.9. The second kappa shape index (κ2) is 3.41. The van der Waals surface area contributed by atoms with Gasteiger partial charge in [0.1, 0.15) is 5.15 Å². The van der Waals surface area contributed by atoms with E-state index in [0.29, 0.717) is 10.2 Å². The zero-order chi connectivity index (χ0) is 10.3. The number of nitrogens with zero attached hydrogens (tertiary/aromatic N) is 1. The molecule has 0 aliphatic carbocycles. The molecule has 0 amide bonds. The monoisotopic (exact) mass is 225 g/mol. The number of aryl methyl sites for hydroxylation is 2. The molecule has 2 aromatic rings. The van der Waals surface area contributed by atoms with Crippen LogP contribution in [-0.4, -0.2) is 4.98 Å². The molecule has 1 aromatic carbocycles. The van der Waals surface area contributed by atoms with Crippen molar-refractivity contribution in [3.63, 3.8) is 0 Å². The van der Waals surface area contributed by atoms with Gasteiger partial charge in [0, 0.05) is 5.39 Å². The van der Waals surface area contributed by atoms with Gasteiger partial charge in [0.05, 0.1) is 10.5 Å². The Morgan fingerprint density at radius 1 is 1.07 bits per heavy atom. The van der Waals surface area contributed by atoms with Crippen molar-refractivity contribution in [3.8, 4) is 0 Å². The van der Waals surface area contributed by atoms with Crippen LogP contribution in [0.4, 0.5) is 0 Å². The van der Waals surface area contributed by atoms with Crippen LogP contribution < -0.4 is 0 Å². The minimum Gasteiger partial charge on any atom is -0.236 e. The third-order valence-corrected chi connectivity index (χ3v) is 2.66. The molecule has 0 aliphatic heterocycles. The lowest BCUT2D eigenvalue weighted by atomic mass is 10.1. The average Bonchev–Trinajstić information content (AvgIpc) is 1.99. The highest BCUT2D eigenvalue weighted by Gasteiger charge is 2.06. The quantitative estimate of drug-likeness (QED) is 0.614. The van der Waals surface area contributed by atoms with Crippen LogP contribution in [0.1, 0.15) is 11.1 Å². The third kappa shape index (κ3) is 1.58. The first-order chi connectivity index (χ1) is 6.58. The Hall–Kier alpha value is -0.790. The lowest BCUT2D eigenvalue weighted by Gasteiger charge is -2.05. The molecule has 1 aromatic heterocycles. The molecule has 3 heteroatoms. The predicted octanol–water partition coefficient (Wildman–Crippen LogP) is 4.16. The van der Waals surface area contributed by atoms with E-state index in [9.17, 15) is 0 Å². The minimum atomic E-state index is 0.438. The Bertz CT molecular complexity index is 463. The number of hydrogen-bond acceptors (Lipinski definition) is 1. The van der Waals surface area contributed by atoms with E-state index in [1.807, 2.05) is 19.9 Å². The highest BCUT2D eigenvalue weighted by Crippen LogP contribution is 2.28. The standard InChI is InChI=1S/C11H9Cl2N/c1-6-3-7(2)11-8(12)5-10(13)14-9(11)4-6/h3-5H,1-2H3. The molecule has 1 heterocycles. The Morgan fingerprint density at radius 2 is 1.79 bits per heavy atom. The first-order valence-electron chi connectivity index (χ1n) is 4.31. The zero-order valence-corrected chi connectivity index (χ0v) is 9.45. The summed E-state index contributed by atoms with van der Waals surface area (Å²) in [5.41, 5.74) is 3.16. The van der Waals surface area contributed by atoms with E-state index in [2.05, 4.69) is 11.1 Å². The summed E-state index contributed by atoms with van der Waals surface area (Å²) in [4.78, 5) is 4.24. The summed E-state index contributed by atoms with van der Waals surface area (Å²) in [5.74, 6) is 0. The van der Waals surface area contributed by atoms with Crippen molar-refractivity contribution in [2.45, 2.75) is 13.8 Å². The van der Waals surface area contributed by atoms with Crippen LogP contribution in [-0.2, 0) is 0 Å². The Labute approximate surface area is 92.7 Å². The third-order valence-electron chi connectivity index (χ3n) is 2.17. The molecular formula is C11H9Cl2N. The second-order valence-corrected chi connectivity index (χ2v) is 4.20. The SMILES string of the molecule is Cc1cc(C)c2c(Cl)cc(Cl)nc2c1. The van der Waals surface area contributed by atoms with Crippen molar-refractivity contribution < 1.29 is 0 Å². The molecule has 72 valence electrons. The molecule has 0 aliphatic rings. The van der Waals surface area contributed by atoms with E-state index in [0.717, 1.165) is 16.5 Å². The van der Waals surface area contributed by atoms with E-state index >= 15 is 0 Å². The van der Waals surface area contributed by atoms with Crippen molar-refractivity contribution in [1.29, 1.82) is 0 Å². The summed E-state index contributed by atoms with van der Waals surface area (Å²) in [6.07, 6.45) is 0. The van der Waals surface area contributed by atoms with Gasteiger partial charge in [-0.05, 0) is 37.1 Å². The van der Waals surface area contributed by atoms with E-state index in [-0.39, 0.29) is 0 Å². The van der Waals surface area contributed by atoms with Crippen LogP contribution in [0, 0.1) is 13.8 Å². The van der Waals surface area contributed by atoms with Gasteiger partial charge < -0.3 is 0 Å². The first-order valence-corrected chi connectivity index (χ1v) is 5.06. The smallest absolute Gasteiger partial charge is 0.131 e.